The van der Waals surface area contributed by atoms with Crippen molar-refractivity contribution in [1.82, 2.24) is 4.37 Å². The fraction of sp³-hybridized carbons (Fsp3) is 0.125. The van der Waals surface area contributed by atoms with Crippen molar-refractivity contribution in [3.8, 4) is 0 Å². The predicted molar refractivity (Wildman–Crippen MR) is 53.2 cm³/mol. The summed E-state index contributed by atoms with van der Waals surface area (Å²) in [6.45, 7) is 0.0104. The van der Waals surface area contributed by atoms with Crippen molar-refractivity contribution in [2.75, 3.05) is 0 Å². The summed E-state index contributed by atoms with van der Waals surface area (Å²) < 4.78 is 6.27. The zero-order valence-corrected chi connectivity index (χ0v) is 8.52. The zero-order chi connectivity index (χ0) is 8.55. The molecule has 4 heteroatoms. The van der Waals surface area contributed by atoms with Gasteiger partial charge in [-0.15, -0.1) is 0 Å². The van der Waals surface area contributed by atoms with Gasteiger partial charge in [-0.2, -0.15) is 4.37 Å². The minimum Gasteiger partial charge on any atom is -0.390 e. The van der Waals surface area contributed by atoms with Crippen LogP contribution in [0.1, 0.15) is 5.69 Å². The number of hydrogen-bond acceptors (Lipinski definition) is 3. The SMILES string of the molecule is OCc1nsc2c(Br)cccc12. The molecule has 2 aromatic rings. The summed E-state index contributed by atoms with van der Waals surface area (Å²) in [5.41, 5.74) is 0.760. The molecule has 0 atom stereocenters. The van der Waals surface area contributed by atoms with Gasteiger partial charge in [0.2, 0.25) is 0 Å². The Morgan fingerprint density at radius 1 is 1.50 bits per heavy atom. The van der Waals surface area contributed by atoms with E-state index >= 15 is 0 Å². The van der Waals surface area contributed by atoms with Gasteiger partial charge >= 0.3 is 0 Å². The first-order valence-electron chi connectivity index (χ1n) is 3.46. The molecule has 2 rings (SSSR count). The number of benzene rings is 1. The Morgan fingerprint density at radius 3 is 3.08 bits per heavy atom. The highest BCUT2D eigenvalue weighted by molar-refractivity contribution is 9.10. The standard InChI is InChI=1S/C8H6BrNOS/c9-6-3-1-2-5-7(4-11)10-12-8(5)6/h1-3,11H,4H2. The molecule has 0 saturated carbocycles. The molecule has 0 amide bonds. The molecular weight excluding hydrogens is 238 g/mol. The smallest absolute Gasteiger partial charge is 0.0875 e. The van der Waals surface area contributed by atoms with Gasteiger partial charge in [-0.05, 0) is 33.5 Å². The average Bonchev–Trinajstić information content (AvgIpc) is 2.49. The van der Waals surface area contributed by atoms with E-state index in [4.69, 9.17) is 5.11 Å². The average molecular weight is 244 g/mol. The molecule has 0 aliphatic carbocycles. The maximum Gasteiger partial charge on any atom is 0.0875 e. The number of aromatic nitrogens is 1. The van der Waals surface area contributed by atoms with Crippen molar-refractivity contribution in [3.63, 3.8) is 0 Å². The van der Waals surface area contributed by atoms with Crippen LogP contribution in [-0.2, 0) is 6.61 Å². The van der Waals surface area contributed by atoms with Crippen LogP contribution in [0.25, 0.3) is 10.1 Å². The van der Waals surface area contributed by atoms with E-state index in [1.54, 1.807) is 0 Å². The van der Waals surface area contributed by atoms with Gasteiger partial charge in [-0.1, -0.05) is 12.1 Å². The minimum atomic E-state index is 0.0104. The van der Waals surface area contributed by atoms with Crippen molar-refractivity contribution in [1.29, 1.82) is 0 Å². The van der Waals surface area contributed by atoms with Gasteiger partial charge in [-0.3, -0.25) is 0 Å². The number of fused-ring (bicyclic) bond motifs is 1. The second kappa shape index (κ2) is 3.12. The molecule has 0 fully saturated rings. The summed E-state index contributed by atoms with van der Waals surface area (Å²) in [7, 11) is 0. The highest BCUT2D eigenvalue weighted by atomic mass is 79.9. The molecule has 0 bridgehead atoms. The first kappa shape index (κ1) is 8.16. The van der Waals surface area contributed by atoms with E-state index in [1.165, 1.54) is 11.5 Å². The third-order valence-electron chi connectivity index (χ3n) is 1.67. The molecule has 62 valence electrons. The van der Waals surface area contributed by atoms with Crippen LogP contribution in [0.5, 0.6) is 0 Å². The van der Waals surface area contributed by atoms with Crippen LogP contribution in [0, 0.1) is 0 Å². The molecule has 0 spiro atoms. The second-order valence-electron chi connectivity index (χ2n) is 2.40. The normalized spacial score (nSPS) is 10.8. The van der Waals surface area contributed by atoms with Crippen LogP contribution >= 0.6 is 27.5 Å². The third kappa shape index (κ3) is 1.16. The molecule has 1 heterocycles. The van der Waals surface area contributed by atoms with Gasteiger partial charge in [0.1, 0.15) is 0 Å². The Balaban J connectivity index is 2.80. The fourth-order valence-electron chi connectivity index (χ4n) is 1.09. The molecule has 12 heavy (non-hydrogen) atoms. The second-order valence-corrected chi connectivity index (χ2v) is 4.03. The summed E-state index contributed by atoms with van der Waals surface area (Å²) >= 11 is 4.84. The first-order valence-corrected chi connectivity index (χ1v) is 5.03. The maximum atomic E-state index is 8.94. The number of rotatable bonds is 1. The number of nitrogens with zero attached hydrogens (tertiary/aromatic N) is 1. The lowest BCUT2D eigenvalue weighted by Crippen LogP contribution is -1.81. The topological polar surface area (TPSA) is 33.1 Å². The van der Waals surface area contributed by atoms with E-state index in [2.05, 4.69) is 20.3 Å². The molecule has 2 nitrogen and oxygen atoms in total. The number of aliphatic hydroxyl groups excluding tert-OH is 1. The Bertz CT molecular complexity index is 412. The van der Waals surface area contributed by atoms with E-state index in [0.717, 1.165) is 20.3 Å². The van der Waals surface area contributed by atoms with Crippen LogP contribution in [0.2, 0.25) is 0 Å². The van der Waals surface area contributed by atoms with Gasteiger partial charge in [0.05, 0.1) is 17.0 Å². The van der Waals surface area contributed by atoms with Gasteiger partial charge in [0.25, 0.3) is 0 Å². The van der Waals surface area contributed by atoms with Gasteiger partial charge < -0.3 is 5.11 Å². The molecule has 1 aromatic carbocycles. The zero-order valence-electron chi connectivity index (χ0n) is 6.12. The fourth-order valence-corrected chi connectivity index (χ4v) is 2.47. The highest BCUT2D eigenvalue weighted by Crippen LogP contribution is 2.29. The van der Waals surface area contributed by atoms with Crippen molar-refractivity contribution < 1.29 is 5.11 Å². The van der Waals surface area contributed by atoms with Crippen molar-refractivity contribution in [2.45, 2.75) is 6.61 Å². The first-order chi connectivity index (χ1) is 5.83. The summed E-state index contributed by atoms with van der Waals surface area (Å²) in [6, 6.07) is 5.89. The van der Waals surface area contributed by atoms with Crippen molar-refractivity contribution in [3.05, 3.63) is 28.4 Å². The summed E-state index contributed by atoms with van der Waals surface area (Å²) in [5, 5.41) is 9.98. The van der Waals surface area contributed by atoms with Gasteiger partial charge in [0, 0.05) is 9.86 Å². The molecule has 0 radical (unpaired) electrons. The number of halogens is 1. The van der Waals surface area contributed by atoms with Crippen molar-refractivity contribution >= 4 is 37.5 Å². The Hall–Kier alpha value is -0.450. The summed E-state index contributed by atoms with van der Waals surface area (Å²) in [5.74, 6) is 0. The molecule has 0 unspecified atom stereocenters. The lowest BCUT2D eigenvalue weighted by atomic mass is 10.2. The lowest BCUT2D eigenvalue weighted by Gasteiger charge is -1.92. The third-order valence-corrected chi connectivity index (χ3v) is 3.53. The Labute approximate surface area is 82.1 Å². The maximum absolute atomic E-state index is 8.94. The van der Waals surface area contributed by atoms with Crippen molar-refractivity contribution in [2.24, 2.45) is 0 Å². The molecule has 1 aromatic heterocycles. The van der Waals surface area contributed by atoms with Crippen LogP contribution in [0.4, 0.5) is 0 Å². The summed E-state index contributed by atoms with van der Waals surface area (Å²) in [4.78, 5) is 0. The summed E-state index contributed by atoms with van der Waals surface area (Å²) in [6.07, 6.45) is 0. The largest absolute Gasteiger partial charge is 0.390 e. The van der Waals surface area contributed by atoms with Gasteiger partial charge in [0.15, 0.2) is 0 Å². The predicted octanol–water partition coefficient (Wildman–Crippen LogP) is 2.55. The van der Waals surface area contributed by atoms with Crippen LogP contribution in [0.15, 0.2) is 22.7 Å². The van der Waals surface area contributed by atoms with E-state index in [1.807, 2.05) is 18.2 Å². The number of aliphatic hydroxyl groups is 1. The minimum absolute atomic E-state index is 0.0104. The van der Waals surface area contributed by atoms with Gasteiger partial charge in [-0.25, -0.2) is 0 Å². The Kier molecular flexibility index (Phi) is 2.12. The molecular formula is C8H6BrNOS. The molecule has 0 aliphatic rings. The van der Waals surface area contributed by atoms with E-state index in [9.17, 15) is 0 Å². The molecule has 0 saturated heterocycles. The van der Waals surface area contributed by atoms with E-state index in [0.29, 0.717) is 0 Å². The molecule has 1 N–H and O–H groups in total. The van der Waals surface area contributed by atoms with Crippen LogP contribution in [-0.4, -0.2) is 9.48 Å². The molecule has 0 aliphatic heterocycles. The lowest BCUT2D eigenvalue weighted by molar-refractivity contribution is 0.279. The van der Waals surface area contributed by atoms with Crippen LogP contribution < -0.4 is 0 Å². The monoisotopic (exact) mass is 243 g/mol. The quantitative estimate of drug-likeness (QED) is 0.836. The van der Waals surface area contributed by atoms with E-state index < -0.39 is 0 Å². The Morgan fingerprint density at radius 2 is 2.33 bits per heavy atom. The number of hydrogen-bond donors (Lipinski definition) is 1. The van der Waals surface area contributed by atoms with Crippen LogP contribution in [0.3, 0.4) is 0 Å². The van der Waals surface area contributed by atoms with E-state index in [-0.39, 0.29) is 6.61 Å². The highest BCUT2D eigenvalue weighted by Gasteiger charge is 2.06.